The number of nitrogens with zero attached hydrogens (tertiary/aromatic N) is 1. The molecule has 0 aliphatic carbocycles. The molecule has 2 rings (SSSR count). The zero-order valence-corrected chi connectivity index (χ0v) is 13.5. The molecule has 2 heterocycles. The highest BCUT2D eigenvalue weighted by Crippen LogP contribution is 2.18. The monoisotopic (exact) mass is 307 g/mol. The van der Waals surface area contributed by atoms with Crippen LogP contribution in [0.15, 0.2) is 18.3 Å². The quantitative estimate of drug-likeness (QED) is 0.665. The maximum Gasteiger partial charge on any atom is 0.321 e. The Morgan fingerprint density at radius 3 is 2.95 bits per heavy atom. The highest BCUT2D eigenvalue weighted by atomic mass is 16.2. The minimum absolute atomic E-state index is 0.204. The Hall–Kier alpha value is -1.82. The van der Waals surface area contributed by atoms with Crippen LogP contribution in [0.25, 0.3) is 0 Å². The van der Waals surface area contributed by atoms with Crippen LogP contribution in [-0.4, -0.2) is 36.1 Å². The molecule has 3 N–H and O–H groups in total. The lowest BCUT2D eigenvalue weighted by Gasteiger charge is -2.21. The Labute approximate surface area is 131 Å². The van der Waals surface area contributed by atoms with Crippen molar-refractivity contribution in [2.24, 2.45) is 7.05 Å². The lowest BCUT2D eigenvalue weighted by Crippen LogP contribution is -3.11. The van der Waals surface area contributed by atoms with Gasteiger partial charge < -0.3 is 14.8 Å². The van der Waals surface area contributed by atoms with E-state index in [0.29, 0.717) is 19.1 Å². The number of nitrogens with one attached hydrogen (secondary N) is 3. The van der Waals surface area contributed by atoms with Crippen LogP contribution in [-0.2, 0) is 11.8 Å². The summed E-state index contributed by atoms with van der Waals surface area (Å²) in [7, 11) is 2.03. The summed E-state index contributed by atoms with van der Waals surface area (Å²) >= 11 is 0. The van der Waals surface area contributed by atoms with Crippen molar-refractivity contribution in [2.75, 3.05) is 19.6 Å². The summed E-state index contributed by atoms with van der Waals surface area (Å²) in [5.41, 5.74) is 1.26. The number of urea groups is 1. The van der Waals surface area contributed by atoms with Gasteiger partial charge in [0.05, 0.1) is 12.2 Å². The van der Waals surface area contributed by atoms with Crippen molar-refractivity contribution in [2.45, 2.75) is 38.6 Å². The number of amides is 3. The first kappa shape index (κ1) is 16.5. The third-order valence-electron chi connectivity index (χ3n) is 4.28. The molecule has 122 valence electrons. The van der Waals surface area contributed by atoms with Crippen LogP contribution in [0, 0.1) is 0 Å². The van der Waals surface area contributed by atoms with Gasteiger partial charge in [0.15, 0.2) is 6.54 Å². The van der Waals surface area contributed by atoms with Crippen molar-refractivity contribution in [3.8, 4) is 0 Å². The molecule has 6 heteroatoms. The van der Waals surface area contributed by atoms with Crippen LogP contribution >= 0.6 is 0 Å². The minimum atomic E-state index is -0.382. The van der Waals surface area contributed by atoms with Gasteiger partial charge >= 0.3 is 6.03 Å². The van der Waals surface area contributed by atoms with Crippen molar-refractivity contribution in [3.63, 3.8) is 0 Å². The number of rotatable bonds is 6. The van der Waals surface area contributed by atoms with E-state index in [0.717, 1.165) is 32.2 Å². The molecule has 1 aliphatic rings. The molecule has 1 aromatic rings. The normalized spacial score (nSPS) is 20.8. The highest BCUT2D eigenvalue weighted by molar-refractivity contribution is 5.94. The van der Waals surface area contributed by atoms with Crippen LogP contribution in [0.2, 0.25) is 0 Å². The lowest BCUT2D eigenvalue weighted by atomic mass is 10.1. The summed E-state index contributed by atoms with van der Waals surface area (Å²) < 4.78 is 2.12. The van der Waals surface area contributed by atoms with Gasteiger partial charge in [0.2, 0.25) is 0 Å². The molecule has 6 nitrogen and oxygen atoms in total. The molecule has 22 heavy (non-hydrogen) atoms. The third-order valence-corrected chi connectivity index (χ3v) is 4.28. The fourth-order valence-electron chi connectivity index (χ4n) is 3.12. The van der Waals surface area contributed by atoms with Gasteiger partial charge in [-0.15, -0.1) is 0 Å². The second-order valence-electron chi connectivity index (χ2n) is 5.98. The summed E-state index contributed by atoms with van der Waals surface area (Å²) in [6.45, 7) is 3.99. The van der Waals surface area contributed by atoms with Gasteiger partial charge in [0.1, 0.15) is 6.04 Å². The molecule has 1 fully saturated rings. The standard InChI is InChI=1S/C16H26N4O2/c1-3-4-9-17-16(22)18-15(21)12-20-11-6-8-14(20)13-7-5-10-19(13)2/h5,7,10,14H,3-4,6,8-9,11-12H2,1-2H3,(H2,17,18,21,22)/p+1/t14-/m1/s1. The van der Waals surface area contributed by atoms with E-state index in [1.165, 1.54) is 10.6 Å². The predicted molar refractivity (Wildman–Crippen MR) is 84.5 cm³/mol. The topological polar surface area (TPSA) is 67.6 Å². The molecule has 2 atom stereocenters. The molecule has 1 aliphatic heterocycles. The number of imide groups is 1. The number of hydrogen-bond acceptors (Lipinski definition) is 2. The Morgan fingerprint density at radius 2 is 2.27 bits per heavy atom. The second-order valence-corrected chi connectivity index (χ2v) is 5.98. The number of likely N-dealkylation sites (tertiary alicyclic amines) is 1. The average molecular weight is 307 g/mol. The molecule has 1 saturated heterocycles. The number of carbonyl (C=O) groups excluding carboxylic acids is 2. The van der Waals surface area contributed by atoms with E-state index in [2.05, 4.69) is 28.2 Å². The smallest absolute Gasteiger partial charge is 0.321 e. The molecule has 0 bridgehead atoms. The largest absolute Gasteiger partial charge is 0.350 e. The molecule has 0 radical (unpaired) electrons. The van der Waals surface area contributed by atoms with Gasteiger partial charge in [-0.2, -0.15) is 0 Å². The minimum Gasteiger partial charge on any atom is -0.350 e. The summed E-state index contributed by atoms with van der Waals surface area (Å²) in [5, 5.41) is 5.13. The Bertz CT molecular complexity index is 512. The third kappa shape index (κ3) is 4.34. The summed E-state index contributed by atoms with van der Waals surface area (Å²) in [6, 6.07) is 4.11. The van der Waals surface area contributed by atoms with Crippen LogP contribution in [0.5, 0.6) is 0 Å². The van der Waals surface area contributed by atoms with Gasteiger partial charge in [-0.25, -0.2) is 4.79 Å². The molecular weight excluding hydrogens is 280 g/mol. The number of carbonyl (C=O) groups is 2. The fourth-order valence-corrected chi connectivity index (χ4v) is 3.12. The highest BCUT2D eigenvalue weighted by Gasteiger charge is 2.33. The summed E-state index contributed by atoms with van der Waals surface area (Å²) in [4.78, 5) is 24.9. The molecule has 1 aromatic heterocycles. The van der Waals surface area contributed by atoms with E-state index in [1.807, 2.05) is 19.3 Å². The van der Waals surface area contributed by atoms with Crippen LogP contribution in [0.1, 0.15) is 44.3 Å². The van der Waals surface area contributed by atoms with Gasteiger partial charge in [-0.05, 0) is 18.6 Å². The summed E-state index contributed by atoms with van der Waals surface area (Å²) in [6.07, 6.45) is 6.18. The average Bonchev–Trinajstić information content (AvgIpc) is 3.07. The van der Waals surface area contributed by atoms with Crippen LogP contribution in [0.4, 0.5) is 4.79 Å². The number of unbranched alkanes of at least 4 members (excludes halogenated alkanes) is 1. The molecule has 1 unspecified atom stereocenters. The molecule has 0 aromatic carbocycles. The van der Waals surface area contributed by atoms with Crippen molar-refractivity contribution >= 4 is 11.9 Å². The number of hydrogen-bond donors (Lipinski definition) is 3. The Balaban J connectivity index is 1.83. The van der Waals surface area contributed by atoms with E-state index >= 15 is 0 Å². The van der Waals surface area contributed by atoms with E-state index in [1.54, 1.807) is 0 Å². The van der Waals surface area contributed by atoms with E-state index in [-0.39, 0.29) is 11.9 Å². The van der Waals surface area contributed by atoms with Gasteiger partial charge in [0.25, 0.3) is 5.91 Å². The van der Waals surface area contributed by atoms with Gasteiger partial charge in [-0.1, -0.05) is 13.3 Å². The summed E-state index contributed by atoms with van der Waals surface area (Å²) in [5.74, 6) is -0.204. The zero-order valence-electron chi connectivity index (χ0n) is 13.5. The predicted octanol–water partition coefficient (Wildman–Crippen LogP) is 0.371. The molecule has 3 amide bonds. The maximum atomic E-state index is 12.0. The first-order valence-corrected chi connectivity index (χ1v) is 8.15. The Kier molecular flexibility index (Phi) is 6.00. The molecular formula is C16H27N4O2+. The lowest BCUT2D eigenvalue weighted by molar-refractivity contribution is -0.911. The van der Waals surface area contributed by atoms with Gasteiger partial charge in [-0.3, -0.25) is 10.1 Å². The van der Waals surface area contributed by atoms with Crippen molar-refractivity contribution < 1.29 is 14.5 Å². The number of aryl methyl sites for hydroxylation is 1. The Morgan fingerprint density at radius 1 is 1.45 bits per heavy atom. The van der Waals surface area contributed by atoms with E-state index in [4.69, 9.17) is 0 Å². The SMILES string of the molecule is CCCCNC(=O)NC(=O)C[NH+]1CCC[C@@H]1c1cccn1C. The second kappa shape index (κ2) is 7.98. The van der Waals surface area contributed by atoms with Crippen molar-refractivity contribution in [1.29, 1.82) is 0 Å². The van der Waals surface area contributed by atoms with E-state index in [9.17, 15) is 9.59 Å². The number of aromatic nitrogens is 1. The first-order chi connectivity index (χ1) is 10.6. The first-order valence-electron chi connectivity index (χ1n) is 8.15. The number of quaternary nitrogens is 1. The zero-order chi connectivity index (χ0) is 15.9. The van der Waals surface area contributed by atoms with Gasteiger partial charge in [0, 0.05) is 32.6 Å². The van der Waals surface area contributed by atoms with Crippen molar-refractivity contribution in [1.82, 2.24) is 15.2 Å². The van der Waals surface area contributed by atoms with Crippen LogP contribution < -0.4 is 15.5 Å². The molecule has 0 spiro atoms. The van der Waals surface area contributed by atoms with Crippen LogP contribution in [0.3, 0.4) is 0 Å². The van der Waals surface area contributed by atoms with E-state index < -0.39 is 0 Å². The maximum absolute atomic E-state index is 12.0. The fraction of sp³-hybridized carbons (Fsp3) is 0.625. The molecule has 0 saturated carbocycles. The van der Waals surface area contributed by atoms with Crippen molar-refractivity contribution in [3.05, 3.63) is 24.0 Å².